The average Bonchev–Trinajstić information content (AvgIpc) is 2.22. The monoisotopic (exact) mass is 271 g/mol. The molecule has 0 heterocycles. The number of nitrogens with zero attached hydrogens (tertiary/aromatic N) is 1. The van der Waals surface area contributed by atoms with Gasteiger partial charge in [-0.3, -0.25) is 14.5 Å². The van der Waals surface area contributed by atoms with E-state index < -0.39 is 5.60 Å². The van der Waals surface area contributed by atoms with Crippen LogP contribution in [-0.4, -0.2) is 35.5 Å². The third-order valence-electron chi connectivity index (χ3n) is 2.87. The molecule has 0 aromatic carbocycles. The molecule has 0 radical (unpaired) electrons. The van der Waals surface area contributed by atoms with Crippen molar-refractivity contribution in [3.63, 3.8) is 0 Å². The molecule has 0 aliphatic carbocycles. The van der Waals surface area contributed by atoms with Gasteiger partial charge in [-0.05, 0) is 25.7 Å². The Balaban J connectivity index is 4.47. The van der Waals surface area contributed by atoms with Crippen molar-refractivity contribution in [3.8, 4) is 0 Å². The molecule has 0 aromatic rings. The van der Waals surface area contributed by atoms with Crippen molar-refractivity contribution in [1.82, 2.24) is 4.90 Å². The van der Waals surface area contributed by atoms with Gasteiger partial charge in [-0.25, -0.2) is 0 Å². The summed E-state index contributed by atoms with van der Waals surface area (Å²) in [4.78, 5) is 24.5. The van der Waals surface area contributed by atoms with Gasteiger partial charge in [0.25, 0.3) is 0 Å². The van der Waals surface area contributed by atoms with E-state index in [9.17, 15) is 9.59 Å². The maximum Gasteiger partial charge on any atom is 0.228 e. The molecule has 0 bridgehead atoms. The zero-order chi connectivity index (χ0) is 15.3. The quantitative estimate of drug-likeness (QED) is 0.746. The Labute approximate surface area is 117 Å². The first-order chi connectivity index (χ1) is 8.48. The van der Waals surface area contributed by atoms with Crippen molar-refractivity contribution >= 4 is 11.8 Å². The molecule has 0 fully saturated rings. The predicted molar refractivity (Wildman–Crippen MR) is 76.8 cm³/mol. The minimum absolute atomic E-state index is 0.153. The lowest BCUT2D eigenvalue weighted by atomic mass is 9.93. The lowest BCUT2D eigenvalue weighted by Crippen LogP contribution is -2.46. The summed E-state index contributed by atoms with van der Waals surface area (Å²) in [5, 5.41) is 0. The van der Waals surface area contributed by atoms with E-state index in [4.69, 9.17) is 4.74 Å². The molecule has 0 saturated heterocycles. The minimum Gasteiger partial charge on any atom is -0.374 e. The van der Waals surface area contributed by atoms with Gasteiger partial charge in [-0.2, -0.15) is 0 Å². The summed E-state index contributed by atoms with van der Waals surface area (Å²) < 4.78 is 5.83. The van der Waals surface area contributed by atoms with Crippen LogP contribution in [0.3, 0.4) is 0 Å². The van der Waals surface area contributed by atoms with E-state index >= 15 is 0 Å². The van der Waals surface area contributed by atoms with Gasteiger partial charge < -0.3 is 4.74 Å². The summed E-state index contributed by atoms with van der Waals surface area (Å²) >= 11 is 0. The average molecular weight is 271 g/mol. The van der Waals surface area contributed by atoms with Crippen molar-refractivity contribution in [2.75, 3.05) is 13.2 Å². The summed E-state index contributed by atoms with van der Waals surface area (Å²) in [6.45, 7) is 14.4. The number of carbonyl (C=O) groups is 2. The number of carbonyl (C=O) groups excluding carboxylic acids is 2. The van der Waals surface area contributed by atoms with E-state index in [2.05, 4.69) is 20.8 Å². The van der Waals surface area contributed by atoms with Crippen LogP contribution in [0, 0.1) is 5.41 Å². The zero-order valence-electron chi connectivity index (χ0n) is 13.5. The number of rotatable bonds is 6. The normalized spacial score (nSPS) is 12.4. The Kier molecular flexibility index (Phi) is 6.70. The maximum absolute atomic E-state index is 11.7. The first-order valence-corrected chi connectivity index (χ1v) is 6.93. The molecule has 0 N–H and O–H groups in total. The van der Waals surface area contributed by atoms with Crippen molar-refractivity contribution in [2.45, 2.75) is 66.9 Å². The fourth-order valence-corrected chi connectivity index (χ4v) is 1.63. The number of hydrogen-bond donors (Lipinski definition) is 0. The van der Waals surface area contributed by atoms with Crippen LogP contribution in [0.1, 0.15) is 61.3 Å². The molecule has 19 heavy (non-hydrogen) atoms. The fraction of sp³-hybridized carbons (Fsp3) is 0.867. The third kappa shape index (κ3) is 7.98. The molecule has 0 unspecified atom stereocenters. The Bertz CT molecular complexity index is 316. The molecule has 0 atom stereocenters. The smallest absolute Gasteiger partial charge is 0.228 e. The van der Waals surface area contributed by atoms with Gasteiger partial charge in [0, 0.05) is 20.0 Å². The molecule has 0 aliphatic heterocycles. The molecule has 2 amide bonds. The largest absolute Gasteiger partial charge is 0.374 e. The van der Waals surface area contributed by atoms with Crippen molar-refractivity contribution in [1.29, 1.82) is 0 Å². The van der Waals surface area contributed by atoms with Gasteiger partial charge in [0.05, 0.1) is 12.1 Å². The molecule has 0 spiro atoms. The molecule has 4 nitrogen and oxygen atoms in total. The van der Waals surface area contributed by atoms with Crippen LogP contribution in [0.5, 0.6) is 0 Å². The molecule has 0 saturated carbocycles. The maximum atomic E-state index is 11.7. The SMILES string of the molecule is CCC(=O)N(CC(C)(C)OCCC(C)(C)C)C(C)=O. The van der Waals surface area contributed by atoms with E-state index in [1.165, 1.54) is 11.8 Å². The van der Waals surface area contributed by atoms with Gasteiger partial charge in [0.1, 0.15) is 0 Å². The van der Waals surface area contributed by atoms with Gasteiger partial charge >= 0.3 is 0 Å². The van der Waals surface area contributed by atoms with E-state index in [1.54, 1.807) is 6.92 Å². The van der Waals surface area contributed by atoms with E-state index in [-0.39, 0.29) is 17.2 Å². The first-order valence-electron chi connectivity index (χ1n) is 6.93. The number of amides is 2. The summed E-state index contributed by atoms with van der Waals surface area (Å²) in [5.74, 6) is -0.376. The van der Waals surface area contributed by atoms with E-state index in [1.807, 2.05) is 13.8 Å². The van der Waals surface area contributed by atoms with Crippen LogP contribution in [0.4, 0.5) is 0 Å². The summed E-state index contributed by atoms with van der Waals surface area (Å²) in [7, 11) is 0. The molecule has 0 aliphatic rings. The molecule has 112 valence electrons. The topological polar surface area (TPSA) is 46.6 Å². The Hall–Kier alpha value is -0.900. The highest BCUT2D eigenvalue weighted by Crippen LogP contribution is 2.21. The minimum atomic E-state index is -0.512. The summed E-state index contributed by atoms with van der Waals surface area (Å²) in [6.07, 6.45) is 1.27. The number of ether oxygens (including phenoxy) is 1. The van der Waals surface area contributed by atoms with Gasteiger partial charge in [0.2, 0.25) is 11.8 Å². The molecular weight excluding hydrogens is 242 g/mol. The van der Waals surface area contributed by atoms with Gasteiger partial charge in [0.15, 0.2) is 0 Å². The zero-order valence-corrected chi connectivity index (χ0v) is 13.5. The van der Waals surface area contributed by atoms with Crippen LogP contribution in [0.25, 0.3) is 0 Å². The van der Waals surface area contributed by atoms with E-state index in [0.29, 0.717) is 19.6 Å². The van der Waals surface area contributed by atoms with Crippen molar-refractivity contribution in [2.24, 2.45) is 5.41 Å². The highest BCUT2D eigenvalue weighted by molar-refractivity contribution is 5.94. The molecule has 0 aromatic heterocycles. The van der Waals surface area contributed by atoms with Gasteiger partial charge in [-0.1, -0.05) is 27.7 Å². The van der Waals surface area contributed by atoms with Crippen LogP contribution in [0.2, 0.25) is 0 Å². The summed E-state index contributed by atoms with van der Waals surface area (Å²) in [6, 6.07) is 0. The molecular formula is C15H29NO3. The highest BCUT2D eigenvalue weighted by Gasteiger charge is 2.27. The van der Waals surface area contributed by atoms with Crippen molar-refractivity contribution in [3.05, 3.63) is 0 Å². The third-order valence-corrected chi connectivity index (χ3v) is 2.87. The van der Waals surface area contributed by atoms with Crippen LogP contribution in [-0.2, 0) is 14.3 Å². The number of hydrogen-bond acceptors (Lipinski definition) is 3. The second-order valence-electron chi connectivity index (χ2n) is 6.77. The lowest BCUT2D eigenvalue weighted by molar-refractivity contribution is -0.148. The highest BCUT2D eigenvalue weighted by atomic mass is 16.5. The Morgan fingerprint density at radius 1 is 1.11 bits per heavy atom. The summed E-state index contributed by atoms with van der Waals surface area (Å²) in [5.41, 5.74) is -0.294. The van der Waals surface area contributed by atoms with Crippen LogP contribution in [0.15, 0.2) is 0 Å². The number of imide groups is 1. The van der Waals surface area contributed by atoms with Crippen molar-refractivity contribution < 1.29 is 14.3 Å². The standard InChI is InChI=1S/C15H29NO3/c1-8-13(18)16(12(2)17)11-15(6,7)19-10-9-14(3,4)5/h8-11H2,1-7H3. The first kappa shape index (κ1) is 18.1. The van der Waals surface area contributed by atoms with Gasteiger partial charge in [-0.15, -0.1) is 0 Å². The Morgan fingerprint density at radius 3 is 2.00 bits per heavy atom. The molecule has 0 rings (SSSR count). The second-order valence-corrected chi connectivity index (χ2v) is 6.77. The Morgan fingerprint density at radius 2 is 1.63 bits per heavy atom. The van der Waals surface area contributed by atoms with Crippen LogP contribution >= 0.6 is 0 Å². The second kappa shape index (κ2) is 7.04. The molecule has 4 heteroatoms. The van der Waals surface area contributed by atoms with Crippen LogP contribution < -0.4 is 0 Å². The predicted octanol–water partition coefficient (Wildman–Crippen LogP) is 3.00. The lowest BCUT2D eigenvalue weighted by Gasteiger charge is -2.32. The van der Waals surface area contributed by atoms with E-state index in [0.717, 1.165) is 6.42 Å². The fourth-order valence-electron chi connectivity index (χ4n) is 1.63.